The lowest BCUT2D eigenvalue weighted by molar-refractivity contribution is -0.116. The van der Waals surface area contributed by atoms with Gasteiger partial charge in [0.2, 0.25) is 5.91 Å². The molecule has 0 saturated heterocycles. The highest BCUT2D eigenvalue weighted by molar-refractivity contribution is 8.14. The Morgan fingerprint density at radius 2 is 1.89 bits per heavy atom. The minimum atomic E-state index is -2.97. The molecule has 36 heavy (non-hydrogen) atoms. The fourth-order valence-electron chi connectivity index (χ4n) is 3.74. The summed E-state index contributed by atoms with van der Waals surface area (Å²) < 4.78 is 35.1. The molecule has 2 aromatic carbocycles. The zero-order valence-electron chi connectivity index (χ0n) is 20.6. The molecule has 0 aromatic heterocycles. The van der Waals surface area contributed by atoms with E-state index in [2.05, 4.69) is 22.1 Å². The van der Waals surface area contributed by atoms with Crippen LogP contribution in [-0.2, 0) is 11.3 Å². The van der Waals surface area contributed by atoms with Crippen LogP contribution in [0, 0.1) is 0 Å². The number of nitrogens with zero attached hydrogens (tertiary/aromatic N) is 2. The molecule has 1 atom stereocenters. The molecule has 2 aromatic rings. The number of amides is 2. The van der Waals surface area contributed by atoms with Crippen molar-refractivity contribution < 1.29 is 27.8 Å². The fraction of sp³-hybridized carbons (Fsp3) is 0.423. The van der Waals surface area contributed by atoms with E-state index in [1.807, 2.05) is 19.1 Å². The summed E-state index contributed by atoms with van der Waals surface area (Å²) in [6, 6.07) is 11.9. The Bertz CT molecular complexity index is 1080. The van der Waals surface area contributed by atoms with E-state index in [1.54, 1.807) is 24.3 Å². The number of thioether (sulfide) groups is 1. The number of hydrogen-bond donors (Lipinski definition) is 1. The van der Waals surface area contributed by atoms with Gasteiger partial charge < -0.3 is 14.8 Å². The molecule has 0 saturated carbocycles. The topological polar surface area (TPSA) is 80.2 Å². The molecule has 194 valence electrons. The van der Waals surface area contributed by atoms with Crippen molar-refractivity contribution >= 4 is 34.3 Å². The quantitative estimate of drug-likeness (QED) is 0.317. The van der Waals surface area contributed by atoms with Crippen LogP contribution in [0.5, 0.6) is 11.5 Å². The molecule has 1 aliphatic rings. The molecule has 0 fully saturated rings. The van der Waals surface area contributed by atoms with E-state index in [0.29, 0.717) is 29.8 Å². The first kappa shape index (κ1) is 27.4. The second-order valence-corrected chi connectivity index (χ2v) is 9.42. The number of alkyl halides is 2. The number of ether oxygens (including phenoxy) is 2. The number of unbranched alkanes of at least 4 members (excludes halogenated alkanes) is 2. The van der Waals surface area contributed by atoms with E-state index in [1.165, 1.54) is 29.9 Å². The number of nitrogens with one attached hydrogen (secondary N) is 1. The molecule has 0 radical (unpaired) electrons. The van der Waals surface area contributed by atoms with Gasteiger partial charge in [0.25, 0.3) is 0 Å². The SMILES string of the molecule is CCCCCC(=O)Nc1ccc(CN2N=C(c3ccc(OC(F)F)c(OC)c3)C(CC)SC2=O)cc1. The van der Waals surface area contributed by atoms with E-state index in [9.17, 15) is 18.4 Å². The minimum absolute atomic E-state index is 0.0148. The van der Waals surface area contributed by atoms with Crippen molar-refractivity contribution in [1.29, 1.82) is 0 Å². The summed E-state index contributed by atoms with van der Waals surface area (Å²) in [5, 5.41) is 8.54. The van der Waals surface area contributed by atoms with Crippen molar-refractivity contribution in [2.45, 2.75) is 64.4 Å². The van der Waals surface area contributed by atoms with E-state index >= 15 is 0 Å². The van der Waals surface area contributed by atoms with Crippen LogP contribution in [-0.4, -0.2) is 40.8 Å². The number of anilines is 1. The standard InChI is InChI=1S/C26H31F2N3O4S/c1-4-6-7-8-23(32)29-19-12-9-17(10-13-19)16-31-26(33)36-22(5-2)24(30-31)18-11-14-20(35-25(27)28)21(15-18)34-3/h9-15,22,25H,4-8,16H2,1-3H3,(H,29,32). The van der Waals surface area contributed by atoms with Gasteiger partial charge in [-0.05, 0) is 48.7 Å². The van der Waals surface area contributed by atoms with Crippen LogP contribution in [0.25, 0.3) is 0 Å². The van der Waals surface area contributed by atoms with Gasteiger partial charge in [-0.2, -0.15) is 13.9 Å². The van der Waals surface area contributed by atoms with Crippen molar-refractivity contribution in [3.8, 4) is 11.5 Å². The number of hydrazone groups is 1. The number of carbonyl (C=O) groups is 2. The van der Waals surface area contributed by atoms with Crippen LogP contribution in [0.1, 0.15) is 57.1 Å². The van der Waals surface area contributed by atoms with E-state index < -0.39 is 6.61 Å². The van der Waals surface area contributed by atoms with Crippen LogP contribution < -0.4 is 14.8 Å². The molecular weight excluding hydrogens is 488 g/mol. The third kappa shape index (κ3) is 7.43. The molecule has 7 nitrogen and oxygen atoms in total. The summed E-state index contributed by atoms with van der Waals surface area (Å²) in [5.74, 6) is 0.0732. The average Bonchev–Trinajstić information content (AvgIpc) is 2.86. The van der Waals surface area contributed by atoms with Gasteiger partial charge in [-0.25, -0.2) is 5.01 Å². The maximum atomic E-state index is 12.8. The van der Waals surface area contributed by atoms with Crippen LogP contribution in [0.4, 0.5) is 19.3 Å². The molecule has 1 N–H and O–H groups in total. The zero-order valence-corrected chi connectivity index (χ0v) is 21.4. The molecule has 10 heteroatoms. The lowest BCUT2D eigenvalue weighted by Crippen LogP contribution is -2.34. The van der Waals surface area contributed by atoms with Gasteiger partial charge in [0.05, 0.1) is 24.6 Å². The highest BCUT2D eigenvalue weighted by Gasteiger charge is 2.30. The van der Waals surface area contributed by atoms with Gasteiger partial charge in [-0.3, -0.25) is 9.59 Å². The average molecular weight is 520 g/mol. The van der Waals surface area contributed by atoms with Crippen molar-refractivity contribution in [3.63, 3.8) is 0 Å². The Balaban J connectivity index is 1.76. The normalized spacial score (nSPS) is 15.6. The third-order valence-electron chi connectivity index (χ3n) is 5.61. The fourth-order valence-corrected chi connectivity index (χ4v) is 4.67. The van der Waals surface area contributed by atoms with Gasteiger partial charge in [0.1, 0.15) is 0 Å². The van der Waals surface area contributed by atoms with Crippen molar-refractivity contribution in [2.75, 3.05) is 12.4 Å². The first-order valence-corrected chi connectivity index (χ1v) is 12.8. The van der Waals surface area contributed by atoms with E-state index in [0.717, 1.165) is 24.8 Å². The molecule has 0 aliphatic carbocycles. The number of halogens is 2. The summed E-state index contributed by atoms with van der Waals surface area (Å²) in [6.07, 6.45) is 4.10. The Kier molecular flexibility index (Phi) is 10.1. The Hall–Kier alpha value is -3.14. The molecule has 1 aliphatic heterocycles. The summed E-state index contributed by atoms with van der Waals surface area (Å²) in [7, 11) is 1.37. The predicted molar refractivity (Wildman–Crippen MR) is 138 cm³/mol. The number of methoxy groups -OCH3 is 1. The van der Waals surface area contributed by atoms with Crippen molar-refractivity contribution in [1.82, 2.24) is 5.01 Å². The predicted octanol–water partition coefficient (Wildman–Crippen LogP) is 6.67. The first-order chi connectivity index (χ1) is 17.3. The molecule has 1 unspecified atom stereocenters. The van der Waals surface area contributed by atoms with Gasteiger partial charge in [0.15, 0.2) is 11.5 Å². The van der Waals surface area contributed by atoms with Crippen molar-refractivity contribution in [2.24, 2.45) is 5.10 Å². The molecule has 1 heterocycles. The van der Waals surface area contributed by atoms with E-state index in [4.69, 9.17) is 4.74 Å². The molecular formula is C26H31F2N3O4S. The highest BCUT2D eigenvalue weighted by Crippen LogP contribution is 2.34. The van der Waals surface area contributed by atoms with Crippen LogP contribution >= 0.6 is 11.8 Å². The summed E-state index contributed by atoms with van der Waals surface area (Å²) in [6.45, 7) is 1.33. The van der Waals surface area contributed by atoms with Crippen LogP contribution in [0.2, 0.25) is 0 Å². The number of carbonyl (C=O) groups excluding carboxylic acids is 2. The van der Waals surface area contributed by atoms with Gasteiger partial charge in [-0.1, -0.05) is 50.6 Å². The van der Waals surface area contributed by atoms with E-state index in [-0.39, 0.29) is 34.4 Å². The number of benzene rings is 2. The second kappa shape index (κ2) is 13.2. The maximum Gasteiger partial charge on any atom is 0.387 e. The molecule has 0 spiro atoms. The molecule has 2 amide bonds. The Morgan fingerprint density at radius 3 is 2.53 bits per heavy atom. The van der Waals surface area contributed by atoms with Gasteiger partial charge in [0, 0.05) is 17.7 Å². The third-order valence-corrected chi connectivity index (χ3v) is 6.86. The summed E-state index contributed by atoms with van der Waals surface area (Å²) in [4.78, 5) is 24.8. The van der Waals surface area contributed by atoms with Gasteiger partial charge in [-0.15, -0.1) is 0 Å². The lowest BCUT2D eigenvalue weighted by Gasteiger charge is -2.28. The van der Waals surface area contributed by atoms with Crippen LogP contribution in [0.15, 0.2) is 47.6 Å². The molecule has 0 bridgehead atoms. The van der Waals surface area contributed by atoms with Crippen LogP contribution in [0.3, 0.4) is 0 Å². The largest absolute Gasteiger partial charge is 0.493 e. The Morgan fingerprint density at radius 1 is 1.14 bits per heavy atom. The monoisotopic (exact) mass is 519 g/mol. The minimum Gasteiger partial charge on any atom is -0.493 e. The smallest absolute Gasteiger partial charge is 0.387 e. The maximum absolute atomic E-state index is 12.8. The lowest BCUT2D eigenvalue weighted by atomic mass is 10.0. The van der Waals surface area contributed by atoms with Crippen molar-refractivity contribution in [3.05, 3.63) is 53.6 Å². The first-order valence-electron chi connectivity index (χ1n) is 11.9. The Labute approximate surface area is 214 Å². The molecule has 3 rings (SSSR count). The summed E-state index contributed by atoms with van der Waals surface area (Å²) >= 11 is 1.17. The number of hydrogen-bond acceptors (Lipinski definition) is 6. The second-order valence-electron chi connectivity index (χ2n) is 8.27. The zero-order chi connectivity index (χ0) is 26.1. The number of rotatable bonds is 12. The highest BCUT2D eigenvalue weighted by atomic mass is 32.2. The summed E-state index contributed by atoms with van der Waals surface area (Å²) in [5.41, 5.74) is 2.86. The van der Waals surface area contributed by atoms with Gasteiger partial charge >= 0.3 is 11.9 Å².